The number of carbonyl (C=O) groups is 1. The second-order valence-corrected chi connectivity index (χ2v) is 6.02. The number of nitrogens with one attached hydrogen (secondary N) is 1. The van der Waals surface area contributed by atoms with Crippen molar-refractivity contribution < 1.29 is 9.90 Å². The average molecular weight is 290 g/mol. The molecule has 0 saturated carbocycles. The minimum atomic E-state index is 0.00375. The molecule has 0 spiro atoms. The van der Waals surface area contributed by atoms with Crippen LogP contribution in [0.1, 0.15) is 36.8 Å². The first kappa shape index (κ1) is 16.0. The van der Waals surface area contributed by atoms with Crippen molar-refractivity contribution in [3.05, 3.63) is 29.3 Å². The van der Waals surface area contributed by atoms with Gasteiger partial charge in [0.25, 0.3) is 0 Å². The number of anilines is 1. The van der Waals surface area contributed by atoms with Gasteiger partial charge in [0.1, 0.15) is 0 Å². The zero-order valence-electron chi connectivity index (χ0n) is 13.1. The third-order valence-electron chi connectivity index (χ3n) is 4.22. The molecule has 1 saturated heterocycles. The third kappa shape index (κ3) is 4.55. The molecule has 0 radical (unpaired) electrons. The number of amides is 1. The molecule has 0 bridgehead atoms. The first-order valence-electron chi connectivity index (χ1n) is 7.82. The lowest BCUT2D eigenvalue weighted by molar-refractivity contribution is -0.118. The molecule has 116 valence electrons. The normalized spacial score (nSPS) is 20.0. The van der Waals surface area contributed by atoms with E-state index < -0.39 is 0 Å². The van der Waals surface area contributed by atoms with Gasteiger partial charge in [-0.3, -0.25) is 9.69 Å². The molecule has 0 aliphatic carbocycles. The fourth-order valence-electron chi connectivity index (χ4n) is 2.90. The summed E-state index contributed by atoms with van der Waals surface area (Å²) in [6.07, 6.45) is 4.41. The van der Waals surface area contributed by atoms with Crippen LogP contribution in [0.3, 0.4) is 0 Å². The summed E-state index contributed by atoms with van der Waals surface area (Å²) < 4.78 is 0. The Balaban J connectivity index is 1.98. The molecule has 1 aliphatic heterocycles. The Hall–Kier alpha value is -1.39. The molecule has 1 aliphatic rings. The largest absolute Gasteiger partial charge is 0.395 e. The van der Waals surface area contributed by atoms with E-state index in [0.717, 1.165) is 42.6 Å². The Morgan fingerprint density at radius 3 is 2.90 bits per heavy atom. The lowest BCUT2D eigenvalue weighted by atomic mass is 10.1. The van der Waals surface area contributed by atoms with Crippen LogP contribution >= 0.6 is 0 Å². The Kier molecular flexibility index (Phi) is 5.76. The highest BCUT2D eigenvalue weighted by Crippen LogP contribution is 2.18. The summed E-state index contributed by atoms with van der Waals surface area (Å²) in [6.45, 7) is 5.41. The molecule has 0 aromatic heterocycles. The number of hydrogen-bond donors (Lipinski definition) is 2. The predicted molar refractivity (Wildman–Crippen MR) is 85.5 cm³/mol. The average Bonchev–Trinajstić information content (AvgIpc) is 2.68. The number of carbonyl (C=O) groups excluding carboxylic acids is 1. The van der Waals surface area contributed by atoms with Gasteiger partial charge in [0.05, 0.1) is 13.2 Å². The molecule has 4 heteroatoms. The number of rotatable bonds is 4. The van der Waals surface area contributed by atoms with E-state index in [1.54, 1.807) is 0 Å². The zero-order valence-corrected chi connectivity index (χ0v) is 13.1. The number of aliphatic hydroxyl groups is 1. The third-order valence-corrected chi connectivity index (χ3v) is 4.22. The van der Waals surface area contributed by atoms with E-state index in [4.69, 9.17) is 0 Å². The molecule has 1 fully saturated rings. The molecule has 4 nitrogen and oxygen atoms in total. The fourth-order valence-corrected chi connectivity index (χ4v) is 2.90. The maximum absolute atomic E-state index is 12.3. The van der Waals surface area contributed by atoms with Gasteiger partial charge < -0.3 is 10.4 Å². The van der Waals surface area contributed by atoms with Crippen molar-refractivity contribution >= 4 is 11.6 Å². The first-order chi connectivity index (χ1) is 10.1. The van der Waals surface area contributed by atoms with Crippen molar-refractivity contribution in [3.8, 4) is 0 Å². The van der Waals surface area contributed by atoms with Crippen LogP contribution in [-0.4, -0.2) is 41.7 Å². The van der Waals surface area contributed by atoms with Crippen LogP contribution in [0.2, 0.25) is 0 Å². The number of aryl methyl sites for hydroxylation is 2. The molecular formula is C17H26N2O2. The van der Waals surface area contributed by atoms with Gasteiger partial charge in [-0.1, -0.05) is 25.0 Å². The zero-order chi connectivity index (χ0) is 15.2. The Morgan fingerprint density at radius 1 is 1.33 bits per heavy atom. The van der Waals surface area contributed by atoms with Gasteiger partial charge in [-0.25, -0.2) is 0 Å². The molecule has 1 heterocycles. The van der Waals surface area contributed by atoms with Gasteiger partial charge in [0.2, 0.25) is 5.91 Å². The monoisotopic (exact) mass is 290 g/mol. The predicted octanol–water partition coefficient (Wildman–Crippen LogP) is 2.48. The van der Waals surface area contributed by atoms with Crippen LogP contribution in [0.15, 0.2) is 18.2 Å². The van der Waals surface area contributed by atoms with Crippen molar-refractivity contribution in [2.75, 3.05) is 25.0 Å². The molecular weight excluding hydrogens is 264 g/mol. The summed E-state index contributed by atoms with van der Waals surface area (Å²) in [5.41, 5.74) is 3.10. The highest BCUT2D eigenvalue weighted by Gasteiger charge is 2.22. The van der Waals surface area contributed by atoms with Gasteiger partial charge in [-0.15, -0.1) is 0 Å². The minimum absolute atomic E-state index is 0.00375. The molecule has 1 aromatic carbocycles. The van der Waals surface area contributed by atoms with Crippen LogP contribution in [0.25, 0.3) is 0 Å². The highest BCUT2D eigenvalue weighted by atomic mass is 16.3. The van der Waals surface area contributed by atoms with Crippen LogP contribution in [0.4, 0.5) is 5.69 Å². The number of nitrogens with zero attached hydrogens (tertiary/aromatic N) is 1. The van der Waals surface area contributed by atoms with Gasteiger partial charge in [0, 0.05) is 11.7 Å². The second-order valence-electron chi connectivity index (χ2n) is 6.02. The summed E-state index contributed by atoms with van der Waals surface area (Å²) in [5.74, 6) is 0.00375. The summed E-state index contributed by atoms with van der Waals surface area (Å²) in [5, 5.41) is 12.5. The van der Waals surface area contributed by atoms with Gasteiger partial charge in [-0.05, 0) is 50.4 Å². The topological polar surface area (TPSA) is 52.6 Å². The molecule has 2 N–H and O–H groups in total. The van der Waals surface area contributed by atoms with Crippen LogP contribution in [0, 0.1) is 13.8 Å². The quantitative estimate of drug-likeness (QED) is 0.895. The Morgan fingerprint density at radius 2 is 2.14 bits per heavy atom. The molecule has 1 unspecified atom stereocenters. The number of benzene rings is 1. The first-order valence-corrected chi connectivity index (χ1v) is 7.82. The van der Waals surface area contributed by atoms with Crippen molar-refractivity contribution in [1.29, 1.82) is 0 Å². The smallest absolute Gasteiger partial charge is 0.238 e. The lowest BCUT2D eigenvalue weighted by Gasteiger charge is -2.27. The van der Waals surface area contributed by atoms with Crippen LogP contribution in [0.5, 0.6) is 0 Å². The maximum Gasteiger partial charge on any atom is 0.238 e. The highest BCUT2D eigenvalue weighted by molar-refractivity contribution is 5.93. The van der Waals surface area contributed by atoms with E-state index in [1.165, 1.54) is 6.42 Å². The van der Waals surface area contributed by atoms with E-state index in [0.29, 0.717) is 6.54 Å². The van der Waals surface area contributed by atoms with Crippen molar-refractivity contribution in [3.63, 3.8) is 0 Å². The van der Waals surface area contributed by atoms with Gasteiger partial charge >= 0.3 is 0 Å². The minimum Gasteiger partial charge on any atom is -0.395 e. The summed E-state index contributed by atoms with van der Waals surface area (Å²) >= 11 is 0. The van der Waals surface area contributed by atoms with Crippen LogP contribution in [-0.2, 0) is 4.79 Å². The molecule has 21 heavy (non-hydrogen) atoms. The molecule has 1 atom stereocenters. The Labute approximate surface area is 127 Å². The van der Waals surface area contributed by atoms with E-state index >= 15 is 0 Å². The van der Waals surface area contributed by atoms with Crippen molar-refractivity contribution in [2.24, 2.45) is 0 Å². The number of hydrogen-bond acceptors (Lipinski definition) is 3. The molecule has 1 aromatic rings. The van der Waals surface area contributed by atoms with Gasteiger partial charge in [0.15, 0.2) is 0 Å². The van der Waals surface area contributed by atoms with E-state index in [2.05, 4.69) is 10.2 Å². The van der Waals surface area contributed by atoms with E-state index in [9.17, 15) is 9.90 Å². The summed E-state index contributed by atoms with van der Waals surface area (Å²) in [7, 11) is 0. The second kappa shape index (κ2) is 7.57. The molecule has 2 rings (SSSR count). The van der Waals surface area contributed by atoms with Crippen molar-refractivity contribution in [1.82, 2.24) is 4.90 Å². The molecule has 1 amide bonds. The SMILES string of the molecule is Cc1ccc(C)c(NC(=O)CN2CCCCCC2CO)c1. The van der Waals surface area contributed by atoms with E-state index in [1.807, 2.05) is 32.0 Å². The number of likely N-dealkylation sites (tertiary alicyclic amines) is 1. The lowest BCUT2D eigenvalue weighted by Crippen LogP contribution is -2.42. The standard InChI is InChI=1S/C17H26N2O2/c1-13-7-8-14(2)16(10-13)18-17(21)11-19-9-5-3-4-6-15(19)12-20/h7-8,10,15,20H,3-6,9,11-12H2,1-2H3,(H,18,21). The number of aliphatic hydroxyl groups excluding tert-OH is 1. The fraction of sp³-hybridized carbons (Fsp3) is 0.588. The van der Waals surface area contributed by atoms with Crippen LogP contribution < -0.4 is 5.32 Å². The summed E-state index contributed by atoms with van der Waals surface area (Å²) in [6, 6.07) is 6.19. The maximum atomic E-state index is 12.3. The van der Waals surface area contributed by atoms with Gasteiger partial charge in [-0.2, -0.15) is 0 Å². The van der Waals surface area contributed by atoms with Crippen molar-refractivity contribution in [2.45, 2.75) is 45.6 Å². The Bertz CT molecular complexity index is 488. The van der Waals surface area contributed by atoms with E-state index in [-0.39, 0.29) is 18.6 Å². The summed E-state index contributed by atoms with van der Waals surface area (Å²) in [4.78, 5) is 14.4.